The van der Waals surface area contributed by atoms with Crippen molar-refractivity contribution >= 4 is 35.1 Å². The monoisotopic (exact) mass is 403 g/mol. The molecule has 2 heterocycles. The molecule has 0 unspecified atom stereocenters. The Morgan fingerprint density at radius 1 is 1.07 bits per heavy atom. The van der Waals surface area contributed by atoms with E-state index in [4.69, 9.17) is 27.9 Å². The molecular formula is C21H19Cl2NO3. The molecule has 4 rings (SSSR count). The molecule has 6 heteroatoms. The average Bonchev–Trinajstić information content (AvgIpc) is 2.95. The van der Waals surface area contributed by atoms with Gasteiger partial charge in [-0.1, -0.05) is 47.5 Å². The highest BCUT2D eigenvalue weighted by molar-refractivity contribution is 6.42. The van der Waals surface area contributed by atoms with Crippen LogP contribution in [0.15, 0.2) is 42.5 Å². The largest absolute Gasteiger partial charge is 0.450 e. The van der Waals surface area contributed by atoms with Crippen molar-refractivity contribution < 1.29 is 14.3 Å². The van der Waals surface area contributed by atoms with Crippen LogP contribution in [-0.4, -0.2) is 29.9 Å². The molecule has 0 atom stereocenters. The number of aryl methyl sites for hydroxylation is 1. The fourth-order valence-corrected chi connectivity index (χ4v) is 4.26. The quantitative estimate of drug-likeness (QED) is 0.702. The van der Waals surface area contributed by atoms with Crippen molar-refractivity contribution in [1.29, 1.82) is 0 Å². The minimum absolute atomic E-state index is 0.105. The number of likely N-dealkylation sites (tertiary alicyclic amines) is 1. The molecule has 140 valence electrons. The number of benzene rings is 2. The van der Waals surface area contributed by atoms with E-state index in [0.717, 1.165) is 11.1 Å². The van der Waals surface area contributed by atoms with E-state index in [1.807, 2.05) is 29.2 Å². The minimum Gasteiger partial charge on any atom is -0.450 e. The molecule has 4 nitrogen and oxygen atoms in total. The third-order valence-electron chi connectivity index (χ3n) is 5.46. The van der Waals surface area contributed by atoms with Crippen LogP contribution < -0.4 is 0 Å². The second-order valence-corrected chi connectivity index (χ2v) is 7.87. The Balaban J connectivity index is 1.37. The number of fused-ring (bicyclic) bond motifs is 2. The summed E-state index contributed by atoms with van der Waals surface area (Å²) >= 11 is 12.0. The van der Waals surface area contributed by atoms with Gasteiger partial charge in [-0.2, -0.15) is 0 Å². The van der Waals surface area contributed by atoms with Crippen molar-refractivity contribution in [3.63, 3.8) is 0 Å². The lowest BCUT2D eigenvalue weighted by molar-refractivity contribution is -0.135. The third-order valence-corrected chi connectivity index (χ3v) is 6.20. The molecule has 2 aromatic rings. The first-order chi connectivity index (χ1) is 13.0. The molecule has 2 aromatic carbocycles. The first-order valence-corrected chi connectivity index (χ1v) is 9.79. The molecule has 27 heavy (non-hydrogen) atoms. The van der Waals surface area contributed by atoms with Crippen molar-refractivity contribution in [2.24, 2.45) is 0 Å². The van der Waals surface area contributed by atoms with Crippen LogP contribution in [0.5, 0.6) is 0 Å². The van der Waals surface area contributed by atoms with E-state index >= 15 is 0 Å². The number of piperidine rings is 1. The van der Waals surface area contributed by atoms with E-state index in [1.165, 1.54) is 0 Å². The van der Waals surface area contributed by atoms with Crippen LogP contribution in [0.25, 0.3) is 0 Å². The smallest absolute Gasteiger partial charge is 0.339 e. The number of carbonyl (C=O) groups is 2. The maximum atomic E-state index is 12.6. The van der Waals surface area contributed by atoms with Crippen LogP contribution >= 0.6 is 23.2 Å². The number of esters is 1. The number of ether oxygens (including phenoxy) is 1. The minimum atomic E-state index is -0.575. The lowest BCUT2D eigenvalue weighted by atomic mass is 9.83. The van der Waals surface area contributed by atoms with E-state index in [-0.39, 0.29) is 11.9 Å². The van der Waals surface area contributed by atoms with Gasteiger partial charge in [0.25, 0.3) is 0 Å². The van der Waals surface area contributed by atoms with Crippen LogP contribution in [0.3, 0.4) is 0 Å². The molecule has 1 fully saturated rings. The number of rotatable bonds is 3. The molecule has 2 aliphatic rings. The van der Waals surface area contributed by atoms with Crippen molar-refractivity contribution in [3.8, 4) is 0 Å². The van der Waals surface area contributed by atoms with E-state index in [0.29, 0.717) is 54.4 Å². The van der Waals surface area contributed by atoms with Crippen LogP contribution in [-0.2, 0) is 21.6 Å². The third kappa shape index (κ3) is 3.44. The number of halogens is 2. The Labute approximate surface area is 168 Å². The van der Waals surface area contributed by atoms with Gasteiger partial charge in [0.1, 0.15) is 5.60 Å². The molecular weight excluding hydrogens is 385 g/mol. The van der Waals surface area contributed by atoms with Gasteiger partial charge in [-0.3, -0.25) is 4.79 Å². The average molecular weight is 404 g/mol. The Bertz CT molecular complexity index is 904. The second kappa shape index (κ2) is 7.17. The standard InChI is InChI=1S/C21H19Cl2NO3/c22-17-7-5-14(13-18(17)23)6-8-19(25)24-11-9-21(10-12-24)16-4-2-1-3-15(16)20(26)27-21/h1-5,7,13H,6,8-12H2. The van der Waals surface area contributed by atoms with Gasteiger partial charge >= 0.3 is 5.97 Å². The van der Waals surface area contributed by atoms with Gasteiger partial charge in [-0.05, 0) is 30.2 Å². The fraction of sp³-hybridized carbons (Fsp3) is 0.333. The van der Waals surface area contributed by atoms with Gasteiger partial charge in [0.15, 0.2) is 0 Å². The van der Waals surface area contributed by atoms with Crippen molar-refractivity contribution in [2.75, 3.05) is 13.1 Å². The van der Waals surface area contributed by atoms with Crippen LogP contribution in [0, 0.1) is 0 Å². The molecule has 1 saturated heterocycles. The van der Waals surface area contributed by atoms with E-state index < -0.39 is 5.60 Å². The summed E-state index contributed by atoms with van der Waals surface area (Å²) in [5.41, 5.74) is 2.02. The maximum absolute atomic E-state index is 12.6. The van der Waals surface area contributed by atoms with E-state index in [2.05, 4.69) is 0 Å². The molecule has 0 N–H and O–H groups in total. The number of amides is 1. The van der Waals surface area contributed by atoms with Crippen LogP contribution in [0.1, 0.15) is 40.7 Å². The lowest BCUT2D eigenvalue weighted by Gasteiger charge is -2.38. The summed E-state index contributed by atoms with van der Waals surface area (Å²) in [5.74, 6) is -0.154. The van der Waals surface area contributed by atoms with Gasteiger partial charge in [0.2, 0.25) is 5.91 Å². The Kier molecular flexibility index (Phi) is 4.87. The Hall–Kier alpha value is -2.04. The second-order valence-electron chi connectivity index (χ2n) is 7.06. The number of hydrogen-bond acceptors (Lipinski definition) is 3. The lowest BCUT2D eigenvalue weighted by Crippen LogP contribution is -2.45. The van der Waals surface area contributed by atoms with Crippen molar-refractivity contribution in [1.82, 2.24) is 4.90 Å². The molecule has 1 spiro atoms. The van der Waals surface area contributed by atoms with Gasteiger partial charge in [-0.15, -0.1) is 0 Å². The van der Waals surface area contributed by atoms with Gasteiger partial charge < -0.3 is 9.64 Å². The zero-order valence-electron chi connectivity index (χ0n) is 14.7. The normalized spacial score (nSPS) is 17.7. The first kappa shape index (κ1) is 18.3. The fourth-order valence-electron chi connectivity index (χ4n) is 3.94. The first-order valence-electron chi connectivity index (χ1n) is 9.03. The molecule has 0 bridgehead atoms. The van der Waals surface area contributed by atoms with Crippen molar-refractivity contribution in [2.45, 2.75) is 31.3 Å². The summed E-state index contributed by atoms with van der Waals surface area (Å²) < 4.78 is 5.74. The molecule has 1 amide bonds. The molecule has 0 saturated carbocycles. The SMILES string of the molecule is O=C1OC2(CCN(C(=O)CCc3ccc(Cl)c(Cl)c3)CC2)c2ccccc21. The number of carbonyl (C=O) groups excluding carboxylic acids is 2. The summed E-state index contributed by atoms with van der Waals surface area (Å²) in [4.78, 5) is 26.6. The van der Waals surface area contributed by atoms with Crippen LogP contribution in [0.2, 0.25) is 10.0 Å². The summed E-state index contributed by atoms with van der Waals surface area (Å²) in [7, 11) is 0. The van der Waals surface area contributed by atoms with E-state index in [9.17, 15) is 9.59 Å². The predicted molar refractivity (Wildman–Crippen MR) is 104 cm³/mol. The summed E-state index contributed by atoms with van der Waals surface area (Å²) in [6.07, 6.45) is 2.30. The highest BCUT2D eigenvalue weighted by Gasteiger charge is 2.47. The number of hydrogen-bond donors (Lipinski definition) is 0. The zero-order valence-corrected chi connectivity index (χ0v) is 16.2. The topological polar surface area (TPSA) is 46.6 Å². The maximum Gasteiger partial charge on any atom is 0.339 e. The van der Waals surface area contributed by atoms with Gasteiger partial charge in [-0.25, -0.2) is 4.79 Å². The van der Waals surface area contributed by atoms with Gasteiger partial charge in [0, 0.05) is 37.9 Å². The summed E-state index contributed by atoms with van der Waals surface area (Å²) in [6, 6.07) is 13.0. The summed E-state index contributed by atoms with van der Waals surface area (Å²) in [5, 5.41) is 1.02. The highest BCUT2D eigenvalue weighted by atomic mass is 35.5. The highest BCUT2D eigenvalue weighted by Crippen LogP contribution is 2.44. The number of nitrogens with zero attached hydrogens (tertiary/aromatic N) is 1. The van der Waals surface area contributed by atoms with Crippen LogP contribution in [0.4, 0.5) is 0 Å². The van der Waals surface area contributed by atoms with Gasteiger partial charge in [0.05, 0.1) is 15.6 Å². The van der Waals surface area contributed by atoms with E-state index in [1.54, 1.807) is 18.2 Å². The predicted octanol–water partition coefficient (Wildman–Crippen LogP) is 4.61. The molecule has 0 aromatic heterocycles. The van der Waals surface area contributed by atoms with Crippen molar-refractivity contribution in [3.05, 3.63) is 69.2 Å². The summed E-state index contributed by atoms with van der Waals surface area (Å²) in [6.45, 7) is 1.17. The molecule has 0 aliphatic carbocycles. The zero-order chi connectivity index (χ0) is 19.0. The Morgan fingerprint density at radius 2 is 1.81 bits per heavy atom. The molecule has 0 radical (unpaired) electrons. The Morgan fingerprint density at radius 3 is 2.56 bits per heavy atom. The molecule has 2 aliphatic heterocycles.